The molecular weight excluding hydrogens is 388 g/mol. The number of nitrogens with two attached hydrogens (primary N) is 1. The number of rotatable bonds is 5. The molecule has 2 N–H and O–H groups in total. The van der Waals surface area contributed by atoms with Gasteiger partial charge in [0.2, 0.25) is 5.91 Å². The second kappa shape index (κ2) is 7.91. The van der Waals surface area contributed by atoms with Crippen LogP contribution in [0.15, 0.2) is 30.5 Å². The molecule has 0 aliphatic rings. The van der Waals surface area contributed by atoms with Gasteiger partial charge in [-0.25, -0.2) is 0 Å². The number of primary amides is 1. The lowest BCUT2D eigenvalue weighted by atomic mass is 9.95. The summed E-state index contributed by atoms with van der Waals surface area (Å²) in [7, 11) is 1.53. The first-order chi connectivity index (χ1) is 13.7. The van der Waals surface area contributed by atoms with Crippen molar-refractivity contribution in [2.45, 2.75) is 40.0 Å². The van der Waals surface area contributed by atoms with Gasteiger partial charge in [0.1, 0.15) is 5.75 Å². The Hall–Kier alpha value is -2.79. The molecule has 0 saturated carbocycles. The second-order valence-corrected chi connectivity index (χ2v) is 7.81. The van der Waals surface area contributed by atoms with Crippen LogP contribution in [-0.4, -0.2) is 23.5 Å². The molecule has 0 radical (unpaired) electrons. The van der Waals surface area contributed by atoms with Crippen molar-refractivity contribution in [3.63, 3.8) is 0 Å². The van der Waals surface area contributed by atoms with Crippen LogP contribution in [0.5, 0.6) is 5.75 Å². The molecule has 1 aromatic heterocycles. The number of carbonyl (C=O) groups excluding carboxylic acids is 2. The fourth-order valence-electron chi connectivity index (χ4n) is 4.07. The number of hydrogen-bond donors (Lipinski definition) is 1. The summed E-state index contributed by atoms with van der Waals surface area (Å²) in [5.74, 6) is -0.641. The van der Waals surface area contributed by atoms with E-state index in [0.717, 1.165) is 22.1 Å². The molecule has 6 heteroatoms. The molecule has 0 aliphatic carbocycles. The topological polar surface area (TPSA) is 74.3 Å². The van der Waals surface area contributed by atoms with Gasteiger partial charge in [0, 0.05) is 17.1 Å². The molecule has 3 rings (SSSR count). The lowest BCUT2D eigenvalue weighted by Crippen LogP contribution is -2.20. The molecule has 152 valence electrons. The van der Waals surface area contributed by atoms with Gasteiger partial charge in [-0.05, 0) is 56.0 Å². The molecule has 0 bridgehead atoms. The summed E-state index contributed by atoms with van der Waals surface area (Å²) in [6, 6.07) is 7.43. The van der Waals surface area contributed by atoms with Crippen molar-refractivity contribution in [2.75, 3.05) is 7.11 Å². The van der Waals surface area contributed by atoms with E-state index in [1.54, 1.807) is 22.9 Å². The van der Waals surface area contributed by atoms with Crippen LogP contribution >= 0.6 is 11.6 Å². The molecule has 1 unspecified atom stereocenters. The Morgan fingerprint density at radius 3 is 2.28 bits per heavy atom. The summed E-state index contributed by atoms with van der Waals surface area (Å²) in [6.45, 7) is 7.74. The molecule has 1 amide bonds. The van der Waals surface area contributed by atoms with Crippen LogP contribution in [0.4, 0.5) is 0 Å². The molecule has 0 spiro atoms. The molecular formula is C23H25ClN2O3. The Kier molecular flexibility index (Phi) is 5.71. The van der Waals surface area contributed by atoms with Gasteiger partial charge in [0.25, 0.3) is 5.91 Å². The molecule has 1 atom stereocenters. The van der Waals surface area contributed by atoms with Crippen LogP contribution in [0.25, 0.3) is 10.9 Å². The highest BCUT2D eigenvalue weighted by atomic mass is 35.5. The van der Waals surface area contributed by atoms with Gasteiger partial charge in [-0.3, -0.25) is 14.2 Å². The molecule has 0 saturated heterocycles. The van der Waals surface area contributed by atoms with E-state index in [1.807, 2.05) is 39.8 Å². The van der Waals surface area contributed by atoms with E-state index < -0.39 is 11.8 Å². The Labute approximate surface area is 175 Å². The van der Waals surface area contributed by atoms with Crippen LogP contribution in [-0.2, 0) is 4.79 Å². The molecule has 1 heterocycles. The minimum absolute atomic E-state index is 0.170. The van der Waals surface area contributed by atoms with Crippen molar-refractivity contribution in [2.24, 2.45) is 5.73 Å². The van der Waals surface area contributed by atoms with Crippen molar-refractivity contribution >= 4 is 34.3 Å². The quantitative estimate of drug-likeness (QED) is 0.647. The number of aryl methyl sites for hydroxylation is 3. The average Bonchev–Trinajstić information content (AvgIpc) is 2.98. The zero-order valence-corrected chi connectivity index (χ0v) is 18.1. The summed E-state index contributed by atoms with van der Waals surface area (Å²) >= 11 is 6.35. The van der Waals surface area contributed by atoms with Crippen molar-refractivity contribution < 1.29 is 14.3 Å². The van der Waals surface area contributed by atoms with Crippen molar-refractivity contribution in [3.8, 4) is 5.75 Å². The standard InChI is InChI=1S/C23H25ClN2O3/c1-6-15(22(25)27)17-11-26(19-10-18(24)20(29-5)9-16(17)19)23(28)21-13(3)7-12(2)8-14(21)4/h7-11,15H,6H2,1-5H3,(H2,25,27). The lowest BCUT2D eigenvalue weighted by molar-refractivity contribution is -0.119. The molecule has 2 aromatic carbocycles. The second-order valence-electron chi connectivity index (χ2n) is 7.40. The van der Waals surface area contributed by atoms with E-state index in [-0.39, 0.29) is 5.91 Å². The van der Waals surface area contributed by atoms with Crippen molar-refractivity contribution in [1.29, 1.82) is 0 Å². The highest BCUT2D eigenvalue weighted by molar-refractivity contribution is 6.33. The minimum Gasteiger partial charge on any atom is -0.495 e. The van der Waals surface area contributed by atoms with Crippen LogP contribution in [0.3, 0.4) is 0 Å². The molecule has 29 heavy (non-hydrogen) atoms. The normalized spacial score (nSPS) is 12.2. The van der Waals surface area contributed by atoms with Crippen LogP contribution in [0, 0.1) is 20.8 Å². The van der Waals surface area contributed by atoms with Gasteiger partial charge >= 0.3 is 0 Å². The zero-order chi connectivity index (χ0) is 21.5. The average molecular weight is 413 g/mol. The smallest absolute Gasteiger partial charge is 0.262 e. The Balaban J connectivity index is 2.32. The van der Waals surface area contributed by atoms with Gasteiger partial charge in [-0.2, -0.15) is 0 Å². The van der Waals surface area contributed by atoms with Crippen LogP contribution in [0.2, 0.25) is 5.02 Å². The Bertz CT molecular complexity index is 1110. The predicted octanol–water partition coefficient (Wildman–Crippen LogP) is 4.90. The summed E-state index contributed by atoms with van der Waals surface area (Å²) in [4.78, 5) is 25.6. The van der Waals surface area contributed by atoms with Crippen LogP contribution in [0.1, 0.15) is 51.9 Å². The number of nitrogens with zero attached hydrogens (tertiary/aromatic N) is 1. The number of ether oxygens (including phenoxy) is 1. The summed E-state index contributed by atoms with van der Waals surface area (Å²) in [5.41, 5.74) is 10.5. The highest BCUT2D eigenvalue weighted by Gasteiger charge is 2.25. The Morgan fingerprint density at radius 2 is 1.76 bits per heavy atom. The van der Waals surface area contributed by atoms with E-state index >= 15 is 0 Å². The fourth-order valence-corrected chi connectivity index (χ4v) is 4.30. The molecule has 0 fully saturated rings. The van der Waals surface area contributed by atoms with Gasteiger partial charge in [0.15, 0.2) is 0 Å². The van der Waals surface area contributed by atoms with Crippen molar-refractivity contribution in [1.82, 2.24) is 4.57 Å². The number of methoxy groups -OCH3 is 1. The maximum absolute atomic E-state index is 13.5. The predicted molar refractivity (Wildman–Crippen MR) is 116 cm³/mol. The first-order valence-corrected chi connectivity index (χ1v) is 9.87. The third-order valence-corrected chi connectivity index (χ3v) is 5.64. The van der Waals surface area contributed by atoms with E-state index in [0.29, 0.717) is 33.8 Å². The summed E-state index contributed by atoms with van der Waals surface area (Å²) in [6.07, 6.45) is 2.23. The number of fused-ring (bicyclic) bond motifs is 1. The Morgan fingerprint density at radius 1 is 1.14 bits per heavy atom. The van der Waals surface area contributed by atoms with Gasteiger partial charge in [-0.15, -0.1) is 0 Å². The summed E-state index contributed by atoms with van der Waals surface area (Å²) in [5, 5.41) is 1.12. The number of hydrogen-bond acceptors (Lipinski definition) is 3. The highest BCUT2D eigenvalue weighted by Crippen LogP contribution is 2.37. The minimum atomic E-state index is -0.516. The number of carbonyl (C=O) groups is 2. The SMILES string of the molecule is CCC(C(N)=O)c1cn(C(=O)c2c(C)cc(C)cc2C)c2cc(Cl)c(OC)cc12. The summed E-state index contributed by atoms with van der Waals surface area (Å²) < 4.78 is 6.91. The third kappa shape index (κ3) is 3.62. The van der Waals surface area contributed by atoms with E-state index in [2.05, 4.69) is 0 Å². The number of amides is 1. The maximum atomic E-state index is 13.5. The number of halogens is 1. The van der Waals surface area contributed by atoms with Crippen molar-refractivity contribution in [3.05, 3.63) is 63.3 Å². The van der Waals surface area contributed by atoms with Gasteiger partial charge < -0.3 is 10.5 Å². The van der Waals surface area contributed by atoms with E-state index in [4.69, 9.17) is 22.1 Å². The van der Waals surface area contributed by atoms with E-state index in [1.165, 1.54) is 7.11 Å². The molecule has 5 nitrogen and oxygen atoms in total. The van der Waals surface area contributed by atoms with Gasteiger partial charge in [0.05, 0.1) is 23.6 Å². The monoisotopic (exact) mass is 412 g/mol. The third-order valence-electron chi connectivity index (χ3n) is 5.35. The van der Waals surface area contributed by atoms with E-state index in [9.17, 15) is 9.59 Å². The first kappa shape index (κ1) is 20.9. The lowest BCUT2D eigenvalue weighted by Gasteiger charge is -2.12. The van der Waals surface area contributed by atoms with Crippen LogP contribution < -0.4 is 10.5 Å². The zero-order valence-electron chi connectivity index (χ0n) is 17.3. The number of benzene rings is 2. The number of aromatic nitrogens is 1. The molecule has 0 aliphatic heterocycles. The fraction of sp³-hybridized carbons (Fsp3) is 0.304. The molecule has 3 aromatic rings. The first-order valence-electron chi connectivity index (χ1n) is 9.49. The maximum Gasteiger partial charge on any atom is 0.262 e. The van der Waals surface area contributed by atoms with Gasteiger partial charge in [-0.1, -0.05) is 36.2 Å². The largest absolute Gasteiger partial charge is 0.495 e.